The molecule has 0 radical (unpaired) electrons. The maximum Gasteiger partial charge on any atom is 0.307 e. The molecule has 1 heterocycles. The van der Waals surface area contributed by atoms with Gasteiger partial charge in [0.15, 0.2) is 0 Å². The molecule has 1 aliphatic heterocycles. The second-order valence-electron chi connectivity index (χ2n) is 7.22. The summed E-state index contributed by atoms with van der Waals surface area (Å²) in [5.74, 6) is -0.433. The predicted octanol–water partition coefficient (Wildman–Crippen LogP) is 3.43. The van der Waals surface area contributed by atoms with Crippen LogP contribution in [0.2, 0.25) is 0 Å². The molecule has 2 atom stereocenters. The van der Waals surface area contributed by atoms with Crippen LogP contribution in [0.5, 0.6) is 0 Å². The topological polar surface area (TPSA) is 75.7 Å². The molecule has 0 fully saturated rings. The quantitative estimate of drug-likeness (QED) is 0.667. The van der Waals surface area contributed by atoms with Crippen molar-refractivity contribution in [3.05, 3.63) is 59.7 Å². The van der Waals surface area contributed by atoms with E-state index in [4.69, 9.17) is 4.74 Å². The van der Waals surface area contributed by atoms with Crippen molar-refractivity contribution in [2.45, 2.75) is 50.6 Å². The number of carbonyl (C=O) groups is 1. The van der Waals surface area contributed by atoms with Crippen molar-refractivity contribution in [3.63, 3.8) is 0 Å². The Labute approximate surface area is 172 Å². The number of likely N-dealkylation sites (N-methyl/N-ethyl adjacent to an activating group) is 1. The molecule has 0 saturated heterocycles. The molecule has 6 nitrogen and oxygen atoms in total. The van der Waals surface area contributed by atoms with Crippen LogP contribution in [0, 0.1) is 0 Å². The molecule has 0 amide bonds. The molecule has 2 aromatic rings. The summed E-state index contributed by atoms with van der Waals surface area (Å²) >= 11 is 0. The van der Waals surface area contributed by atoms with Crippen LogP contribution in [-0.2, 0) is 26.0 Å². The second kappa shape index (κ2) is 8.97. The van der Waals surface area contributed by atoms with E-state index in [1.165, 1.54) is 23.4 Å². The lowest BCUT2D eigenvalue weighted by atomic mass is 10.00. The predicted molar refractivity (Wildman–Crippen MR) is 113 cm³/mol. The monoisotopic (exact) mass is 416 g/mol. The molecule has 0 spiro atoms. The smallest absolute Gasteiger partial charge is 0.307 e. The first-order valence-corrected chi connectivity index (χ1v) is 11.5. The lowest BCUT2D eigenvalue weighted by Crippen LogP contribution is -2.31. The highest BCUT2D eigenvalue weighted by atomic mass is 32.2. The Morgan fingerprint density at radius 2 is 1.93 bits per heavy atom. The molecular weight excluding hydrogens is 388 g/mol. The van der Waals surface area contributed by atoms with E-state index in [9.17, 15) is 13.2 Å². The first kappa shape index (κ1) is 21.3. The number of carbonyl (C=O) groups excluding carboxylic acids is 1. The van der Waals surface area contributed by atoms with E-state index >= 15 is 0 Å². The summed E-state index contributed by atoms with van der Waals surface area (Å²) in [4.78, 5) is 14.7. The Kier molecular flexibility index (Phi) is 6.59. The number of fused-ring (bicyclic) bond motifs is 1. The third-order valence-corrected chi connectivity index (χ3v) is 6.72. The van der Waals surface area contributed by atoms with Crippen LogP contribution >= 0.6 is 0 Å². The molecule has 2 aromatic carbocycles. The minimum atomic E-state index is -3.78. The van der Waals surface area contributed by atoms with Crippen LogP contribution in [-0.4, -0.2) is 33.6 Å². The van der Waals surface area contributed by atoms with Crippen molar-refractivity contribution in [1.29, 1.82) is 0 Å². The van der Waals surface area contributed by atoms with Crippen LogP contribution in [0.25, 0.3) is 0 Å². The number of ether oxygens (including phenoxy) is 1. The van der Waals surface area contributed by atoms with E-state index in [1.54, 1.807) is 25.1 Å². The van der Waals surface area contributed by atoms with Crippen LogP contribution in [0.4, 0.5) is 5.69 Å². The Morgan fingerprint density at radius 1 is 1.21 bits per heavy atom. The van der Waals surface area contributed by atoms with Crippen molar-refractivity contribution in [1.82, 2.24) is 4.72 Å². The average Bonchev–Trinajstić information content (AvgIpc) is 3.02. The van der Waals surface area contributed by atoms with Gasteiger partial charge in [0.2, 0.25) is 10.0 Å². The highest BCUT2D eigenvalue weighted by molar-refractivity contribution is 7.89. The van der Waals surface area contributed by atoms with E-state index in [0.717, 1.165) is 18.5 Å². The van der Waals surface area contributed by atoms with Gasteiger partial charge in [-0.2, -0.15) is 0 Å². The summed E-state index contributed by atoms with van der Waals surface area (Å²) in [5, 5.41) is 0. The summed E-state index contributed by atoms with van der Waals surface area (Å²) in [7, 11) is -3.78. The molecule has 0 aliphatic carbocycles. The van der Waals surface area contributed by atoms with Crippen molar-refractivity contribution >= 4 is 21.7 Å². The lowest BCUT2D eigenvalue weighted by Gasteiger charge is -2.23. The molecule has 156 valence electrons. The van der Waals surface area contributed by atoms with Gasteiger partial charge >= 0.3 is 5.97 Å². The van der Waals surface area contributed by atoms with Crippen LogP contribution in [0.15, 0.2) is 53.4 Å². The standard InChI is InChI=1S/C22H28N2O4S/c1-4-24-16(3)13-18-14-17(11-12-21(18)24)20(15-22(25)28-5-2)23-29(26,27)19-9-7-6-8-10-19/h6-12,14,16,20,23H,4-5,13,15H2,1-3H3. The fraction of sp³-hybridized carbons (Fsp3) is 0.409. The van der Waals surface area contributed by atoms with Crippen LogP contribution in [0.1, 0.15) is 44.4 Å². The summed E-state index contributed by atoms with van der Waals surface area (Å²) in [6.45, 7) is 7.20. The molecule has 0 saturated carbocycles. The lowest BCUT2D eigenvalue weighted by molar-refractivity contribution is -0.143. The SMILES string of the molecule is CCOC(=O)CC(NS(=O)(=O)c1ccccc1)c1ccc2c(c1)CC(C)N2CC. The fourth-order valence-corrected chi connectivity index (χ4v) is 5.13. The Hall–Kier alpha value is -2.38. The van der Waals surface area contributed by atoms with Gasteiger partial charge in [0.25, 0.3) is 0 Å². The van der Waals surface area contributed by atoms with Crippen molar-refractivity contribution in [3.8, 4) is 0 Å². The molecule has 1 aliphatic rings. The van der Waals surface area contributed by atoms with E-state index in [0.29, 0.717) is 6.04 Å². The van der Waals surface area contributed by atoms with Crippen LogP contribution in [0.3, 0.4) is 0 Å². The van der Waals surface area contributed by atoms with E-state index in [-0.39, 0.29) is 17.9 Å². The molecule has 1 N–H and O–H groups in total. The largest absolute Gasteiger partial charge is 0.466 e. The number of benzene rings is 2. The van der Waals surface area contributed by atoms with Gasteiger partial charge in [-0.3, -0.25) is 4.79 Å². The van der Waals surface area contributed by atoms with Gasteiger partial charge in [-0.1, -0.05) is 30.3 Å². The number of hydrogen-bond donors (Lipinski definition) is 1. The van der Waals surface area contributed by atoms with Crippen molar-refractivity contribution in [2.24, 2.45) is 0 Å². The maximum absolute atomic E-state index is 12.9. The summed E-state index contributed by atoms with van der Waals surface area (Å²) in [5.41, 5.74) is 3.11. The van der Waals surface area contributed by atoms with E-state index in [2.05, 4.69) is 23.5 Å². The molecule has 29 heavy (non-hydrogen) atoms. The normalized spacial score (nSPS) is 17.1. The molecular formula is C22H28N2O4S. The van der Waals surface area contributed by atoms with Gasteiger partial charge < -0.3 is 9.64 Å². The van der Waals surface area contributed by atoms with Gasteiger partial charge in [-0.25, -0.2) is 13.1 Å². The molecule has 7 heteroatoms. The number of rotatable bonds is 8. The number of hydrogen-bond acceptors (Lipinski definition) is 5. The number of nitrogens with zero attached hydrogens (tertiary/aromatic N) is 1. The van der Waals surface area contributed by atoms with E-state index in [1.807, 2.05) is 18.2 Å². The third kappa shape index (κ3) is 4.79. The van der Waals surface area contributed by atoms with Gasteiger partial charge in [-0.05, 0) is 56.5 Å². The number of sulfonamides is 1. The van der Waals surface area contributed by atoms with Crippen LogP contribution < -0.4 is 9.62 Å². The molecule has 0 bridgehead atoms. The third-order valence-electron chi connectivity index (χ3n) is 5.23. The molecule has 0 aromatic heterocycles. The summed E-state index contributed by atoms with van der Waals surface area (Å²) < 4.78 is 33.5. The van der Waals surface area contributed by atoms with Gasteiger partial charge in [0, 0.05) is 18.3 Å². The zero-order valence-electron chi connectivity index (χ0n) is 17.1. The summed E-state index contributed by atoms with van der Waals surface area (Å²) in [6.07, 6.45) is 0.834. The highest BCUT2D eigenvalue weighted by Crippen LogP contribution is 2.34. The Balaban J connectivity index is 1.92. The average molecular weight is 417 g/mol. The van der Waals surface area contributed by atoms with Crippen molar-refractivity contribution < 1.29 is 17.9 Å². The maximum atomic E-state index is 12.9. The first-order chi connectivity index (χ1) is 13.9. The fourth-order valence-electron chi connectivity index (χ4n) is 3.88. The minimum Gasteiger partial charge on any atom is -0.466 e. The van der Waals surface area contributed by atoms with E-state index < -0.39 is 22.0 Å². The zero-order chi connectivity index (χ0) is 21.0. The number of nitrogens with one attached hydrogen (secondary N) is 1. The Bertz CT molecular complexity index is 960. The Morgan fingerprint density at radius 3 is 2.59 bits per heavy atom. The summed E-state index contributed by atoms with van der Waals surface area (Å²) in [6, 6.07) is 13.8. The highest BCUT2D eigenvalue weighted by Gasteiger charge is 2.28. The second-order valence-corrected chi connectivity index (χ2v) is 8.94. The van der Waals surface area contributed by atoms with Crippen molar-refractivity contribution in [2.75, 3.05) is 18.1 Å². The number of anilines is 1. The van der Waals surface area contributed by atoms with Gasteiger partial charge in [-0.15, -0.1) is 0 Å². The number of esters is 1. The van der Waals surface area contributed by atoms with Gasteiger partial charge in [0.05, 0.1) is 24.0 Å². The molecule has 3 rings (SSSR count). The van der Waals surface area contributed by atoms with Gasteiger partial charge in [0.1, 0.15) is 0 Å². The molecule has 2 unspecified atom stereocenters. The first-order valence-electron chi connectivity index (χ1n) is 9.98. The minimum absolute atomic E-state index is 0.0638. The zero-order valence-corrected chi connectivity index (χ0v) is 17.9.